The van der Waals surface area contributed by atoms with E-state index in [1.165, 1.54) is 18.2 Å². The van der Waals surface area contributed by atoms with Crippen LogP contribution >= 0.6 is 0 Å². The van der Waals surface area contributed by atoms with Crippen LogP contribution in [0.15, 0.2) is 36.4 Å². The van der Waals surface area contributed by atoms with E-state index in [2.05, 4.69) is 6.92 Å². The Morgan fingerprint density at radius 1 is 1.13 bits per heavy atom. The lowest BCUT2D eigenvalue weighted by atomic mass is 9.83. The fourth-order valence-corrected chi connectivity index (χ4v) is 5.04. The molecular formula is C31H41F2NO5. The van der Waals surface area contributed by atoms with Crippen molar-refractivity contribution in [1.29, 1.82) is 0 Å². The van der Waals surface area contributed by atoms with E-state index in [9.17, 15) is 18.7 Å². The second kappa shape index (κ2) is 13.3. The van der Waals surface area contributed by atoms with Gasteiger partial charge in [0.2, 0.25) is 0 Å². The average molecular weight is 546 g/mol. The predicted molar refractivity (Wildman–Crippen MR) is 148 cm³/mol. The summed E-state index contributed by atoms with van der Waals surface area (Å²) >= 11 is 0. The second-order valence-electron chi connectivity index (χ2n) is 11.0. The Hall–Kier alpha value is -3.13. The van der Waals surface area contributed by atoms with E-state index in [1.54, 1.807) is 19.1 Å². The smallest absolute Gasteiger partial charge is 0.411 e. The number of methoxy groups -OCH3 is 2. The van der Waals surface area contributed by atoms with Crippen LogP contribution in [0.5, 0.6) is 11.5 Å². The van der Waals surface area contributed by atoms with E-state index in [4.69, 9.17) is 14.2 Å². The molecule has 0 radical (unpaired) electrons. The van der Waals surface area contributed by atoms with Crippen molar-refractivity contribution < 1.29 is 32.9 Å². The maximum atomic E-state index is 14.2. The standard InChI is InChI=1S/C31H41F2NO5/c1-7-8-9-10-23-15-21-16-28(37-5)29(38-6)19-25(21)27(34(23)30(36)39-31(2,3)4)18-24(35)14-12-20-11-13-22(32)17-26(20)33/h11-14,16-17,19,23-24,27,35H,7-10,15,18H2,1-6H3/b14-12+/t23-,24+,27+/m0/s1. The van der Waals surface area contributed by atoms with Crippen LogP contribution in [0, 0.1) is 11.6 Å². The minimum Gasteiger partial charge on any atom is -0.493 e. The highest BCUT2D eigenvalue weighted by molar-refractivity contribution is 5.70. The molecule has 1 aliphatic rings. The van der Waals surface area contributed by atoms with Gasteiger partial charge in [0.05, 0.1) is 26.4 Å². The summed E-state index contributed by atoms with van der Waals surface area (Å²) in [6.45, 7) is 7.61. The lowest BCUT2D eigenvalue weighted by molar-refractivity contribution is -0.00559. The minimum atomic E-state index is -1.03. The molecule has 1 amide bonds. The SMILES string of the molecule is CCCCC[C@H]1Cc2cc(OC)c(OC)cc2[C@@H](C[C@H](O)/C=C/c2ccc(F)cc2F)N1C(=O)OC(C)(C)C. The highest BCUT2D eigenvalue weighted by atomic mass is 19.1. The van der Waals surface area contributed by atoms with Gasteiger partial charge in [-0.1, -0.05) is 38.3 Å². The lowest BCUT2D eigenvalue weighted by Gasteiger charge is -2.44. The van der Waals surface area contributed by atoms with Gasteiger partial charge in [0.25, 0.3) is 0 Å². The molecule has 1 N–H and O–H groups in total. The summed E-state index contributed by atoms with van der Waals surface area (Å²) in [6, 6.07) is 6.40. The fourth-order valence-electron chi connectivity index (χ4n) is 5.04. The summed E-state index contributed by atoms with van der Waals surface area (Å²) in [5.74, 6) is -0.270. The van der Waals surface area contributed by atoms with Crippen LogP contribution in [-0.4, -0.2) is 48.1 Å². The highest BCUT2D eigenvalue weighted by Crippen LogP contribution is 2.43. The van der Waals surface area contributed by atoms with Gasteiger partial charge in [-0.25, -0.2) is 13.6 Å². The molecule has 8 heteroatoms. The Morgan fingerprint density at radius 3 is 2.44 bits per heavy atom. The zero-order chi connectivity index (χ0) is 28.7. The molecule has 214 valence electrons. The third-order valence-corrected chi connectivity index (χ3v) is 6.86. The summed E-state index contributed by atoms with van der Waals surface area (Å²) in [4.78, 5) is 15.4. The molecule has 1 aliphatic heterocycles. The monoisotopic (exact) mass is 545 g/mol. The number of unbranched alkanes of at least 4 members (excludes halogenated alkanes) is 2. The fraction of sp³-hybridized carbons (Fsp3) is 0.516. The molecule has 0 aromatic heterocycles. The zero-order valence-corrected chi connectivity index (χ0v) is 23.8. The van der Waals surface area contributed by atoms with Crippen LogP contribution < -0.4 is 9.47 Å². The maximum Gasteiger partial charge on any atom is 0.411 e. The first-order chi connectivity index (χ1) is 18.5. The number of hydrogen-bond acceptors (Lipinski definition) is 5. The van der Waals surface area contributed by atoms with Crippen LogP contribution in [0.1, 0.15) is 82.5 Å². The van der Waals surface area contributed by atoms with Gasteiger partial charge in [0.15, 0.2) is 11.5 Å². The first-order valence-corrected chi connectivity index (χ1v) is 13.5. The minimum absolute atomic E-state index is 0.144. The number of halogens is 2. The summed E-state index contributed by atoms with van der Waals surface area (Å²) < 4.78 is 44.4. The van der Waals surface area contributed by atoms with Gasteiger partial charge in [-0.2, -0.15) is 0 Å². The van der Waals surface area contributed by atoms with Crippen LogP contribution in [0.3, 0.4) is 0 Å². The topological polar surface area (TPSA) is 68.2 Å². The quantitative estimate of drug-likeness (QED) is 0.319. The van der Waals surface area contributed by atoms with Crippen molar-refractivity contribution in [2.24, 2.45) is 0 Å². The number of carbonyl (C=O) groups is 1. The average Bonchev–Trinajstić information content (AvgIpc) is 2.86. The molecule has 0 unspecified atom stereocenters. The molecule has 0 spiro atoms. The zero-order valence-electron chi connectivity index (χ0n) is 23.8. The third kappa shape index (κ3) is 7.94. The Kier molecular flexibility index (Phi) is 10.4. The Bertz CT molecular complexity index is 1160. The van der Waals surface area contributed by atoms with Crippen LogP contribution in [0.4, 0.5) is 13.6 Å². The highest BCUT2D eigenvalue weighted by Gasteiger charge is 2.40. The van der Waals surface area contributed by atoms with E-state index < -0.39 is 35.5 Å². The largest absolute Gasteiger partial charge is 0.493 e. The number of benzene rings is 2. The molecule has 1 heterocycles. The predicted octanol–water partition coefficient (Wildman–Crippen LogP) is 7.23. The molecule has 0 aliphatic carbocycles. The van der Waals surface area contributed by atoms with E-state index in [0.29, 0.717) is 17.9 Å². The van der Waals surface area contributed by atoms with Crippen LogP contribution in [0.2, 0.25) is 0 Å². The van der Waals surface area contributed by atoms with Gasteiger partial charge >= 0.3 is 6.09 Å². The number of aliphatic hydroxyl groups is 1. The Balaban J connectivity index is 2.04. The second-order valence-corrected chi connectivity index (χ2v) is 11.0. The van der Waals surface area contributed by atoms with Crippen molar-refractivity contribution in [3.63, 3.8) is 0 Å². The molecule has 3 rings (SSSR count). The van der Waals surface area contributed by atoms with Gasteiger partial charge in [-0.3, -0.25) is 4.90 Å². The molecule has 39 heavy (non-hydrogen) atoms. The van der Waals surface area contributed by atoms with Gasteiger partial charge < -0.3 is 19.3 Å². The molecular weight excluding hydrogens is 504 g/mol. The number of hydrogen-bond donors (Lipinski definition) is 1. The third-order valence-electron chi connectivity index (χ3n) is 6.86. The van der Waals surface area contributed by atoms with Gasteiger partial charge in [0, 0.05) is 24.1 Å². The van der Waals surface area contributed by atoms with Crippen molar-refractivity contribution >= 4 is 12.2 Å². The first-order valence-electron chi connectivity index (χ1n) is 13.5. The van der Waals surface area contributed by atoms with E-state index in [-0.39, 0.29) is 18.0 Å². The number of fused-ring (bicyclic) bond motifs is 1. The molecule has 0 bridgehead atoms. The van der Waals surface area contributed by atoms with Crippen molar-refractivity contribution in [2.75, 3.05) is 14.2 Å². The van der Waals surface area contributed by atoms with E-state index in [0.717, 1.165) is 48.9 Å². The normalized spacial score (nSPS) is 18.1. The summed E-state index contributed by atoms with van der Waals surface area (Å²) in [7, 11) is 3.13. The van der Waals surface area contributed by atoms with Crippen molar-refractivity contribution in [3.8, 4) is 11.5 Å². The number of nitrogens with zero attached hydrogens (tertiary/aromatic N) is 1. The number of aliphatic hydroxyl groups excluding tert-OH is 1. The van der Waals surface area contributed by atoms with Gasteiger partial charge in [-0.15, -0.1) is 0 Å². The van der Waals surface area contributed by atoms with E-state index in [1.807, 2.05) is 32.9 Å². The van der Waals surface area contributed by atoms with Gasteiger partial charge in [0.1, 0.15) is 17.2 Å². The Morgan fingerprint density at radius 2 is 1.82 bits per heavy atom. The number of ether oxygens (including phenoxy) is 3. The number of amides is 1. The molecule has 0 saturated carbocycles. The molecule has 2 aromatic carbocycles. The molecule has 2 aromatic rings. The first kappa shape index (κ1) is 30.4. The number of carbonyl (C=O) groups excluding carboxylic acids is 1. The molecule has 0 fully saturated rings. The number of rotatable bonds is 10. The van der Waals surface area contributed by atoms with E-state index >= 15 is 0 Å². The van der Waals surface area contributed by atoms with Crippen molar-refractivity contribution in [3.05, 3.63) is 64.7 Å². The summed E-state index contributed by atoms with van der Waals surface area (Å²) in [5.41, 5.74) is 1.31. The van der Waals surface area contributed by atoms with Crippen LogP contribution in [-0.2, 0) is 11.2 Å². The van der Waals surface area contributed by atoms with Gasteiger partial charge in [-0.05, 0) is 69.0 Å². The summed E-state index contributed by atoms with van der Waals surface area (Å²) in [5, 5.41) is 11.1. The Labute approximate surface area is 230 Å². The molecule has 0 saturated heterocycles. The maximum absolute atomic E-state index is 14.2. The lowest BCUT2D eigenvalue weighted by Crippen LogP contribution is -2.50. The molecule has 6 nitrogen and oxygen atoms in total. The summed E-state index contributed by atoms with van der Waals surface area (Å²) in [6.07, 6.45) is 5.98. The van der Waals surface area contributed by atoms with Crippen molar-refractivity contribution in [1.82, 2.24) is 4.90 Å². The van der Waals surface area contributed by atoms with Crippen LogP contribution in [0.25, 0.3) is 6.08 Å². The van der Waals surface area contributed by atoms with Crippen molar-refractivity contribution in [2.45, 2.75) is 90.0 Å². The molecule has 3 atom stereocenters.